The van der Waals surface area contributed by atoms with E-state index in [9.17, 15) is 0 Å². The maximum absolute atomic E-state index is 3.72. The van der Waals surface area contributed by atoms with Crippen LogP contribution < -0.4 is 0 Å². The van der Waals surface area contributed by atoms with Gasteiger partial charge in [0.15, 0.2) is 0 Å². The van der Waals surface area contributed by atoms with Gasteiger partial charge in [0.2, 0.25) is 0 Å². The van der Waals surface area contributed by atoms with E-state index in [0.29, 0.717) is 0 Å². The molecule has 380 valence electrons. The molecule has 0 nitrogen and oxygen atoms in total. The van der Waals surface area contributed by atoms with Crippen molar-refractivity contribution in [3.63, 3.8) is 0 Å². The molecular formula is C67H111-. The van der Waals surface area contributed by atoms with Gasteiger partial charge in [-0.3, -0.25) is 0 Å². The smallest absolute Gasteiger partial charge is 0.0184 e. The van der Waals surface area contributed by atoms with Gasteiger partial charge in [-0.15, -0.1) is 30.7 Å². The van der Waals surface area contributed by atoms with Crippen LogP contribution in [-0.2, 0) is 12.8 Å². The molecule has 0 fully saturated rings. The molecule has 3 aliphatic rings. The molecule has 0 aromatic heterocycles. The summed E-state index contributed by atoms with van der Waals surface area (Å²) in [7, 11) is 0. The number of benzene rings is 5. The van der Waals surface area contributed by atoms with E-state index in [1.165, 1.54) is 48.8 Å². The molecule has 0 heterocycles. The van der Waals surface area contributed by atoms with Crippen LogP contribution in [0.3, 0.4) is 0 Å². The van der Waals surface area contributed by atoms with Gasteiger partial charge in [0.1, 0.15) is 0 Å². The number of allylic oxidation sites excluding steroid dienone is 5. The molecule has 8 rings (SSSR count). The summed E-state index contributed by atoms with van der Waals surface area (Å²) in [6, 6.07) is 48.4. The summed E-state index contributed by atoms with van der Waals surface area (Å²) in [5, 5.41) is 0. The molecule has 0 aliphatic heterocycles. The Bertz CT molecular complexity index is 1570. The van der Waals surface area contributed by atoms with E-state index in [0.717, 1.165) is 17.4 Å². The summed E-state index contributed by atoms with van der Waals surface area (Å²) in [6.45, 7) is 50.6. The van der Waals surface area contributed by atoms with Gasteiger partial charge in [0.25, 0.3) is 0 Å². The van der Waals surface area contributed by atoms with E-state index >= 15 is 0 Å². The summed E-state index contributed by atoms with van der Waals surface area (Å²) in [6.07, 6.45) is 16.5. The normalized spacial score (nSPS) is 12.4. The van der Waals surface area contributed by atoms with Gasteiger partial charge in [-0.05, 0) is 87.0 Å². The number of hydrogen-bond acceptors (Lipinski definition) is 0. The fourth-order valence-corrected chi connectivity index (χ4v) is 5.85. The quantitative estimate of drug-likeness (QED) is 0.136. The first-order chi connectivity index (χ1) is 32.8. The van der Waals surface area contributed by atoms with Crippen molar-refractivity contribution in [2.45, 2.75) is 203 Å². The number of fused-ring (bicyclic) bond motifs is 2. The van der Waals surface area contributed by atoms with E-state index in [4.69, 9.17) is 0 Å². The van der Waals surface area contributed by atoms with E-state index in [1.807, 2.05) is 210 Å². The van der Waals surface area contributed by atoms with E-state index < -0.39 is 0 Å². The van der Waals surface area contributed by atoms with Crippen LogP contribution in [0.2, 0.25) is 0 Å². The van der Waals surface area contributed by atoms with Crippen molar-refractivity contribution < 1.29 is 0 Å². The van der Waals surface area contributed by atoms with Gasteiger partial charge >= 0.3 is 0 Å². The highest BCUT2D eigenvalue weighted by Crippen LogP contribution is 2.32. The van der Waals surface area contributed by atoms with Crippen molar-refractivity contribution >= 4 is 0 Å². The Morgan fingerprint density at radius 3 is 0.910 bits per heavy atom. The zero-order chi connectivity index (χ0) is 53.1. The first-order valence-electron chi connectivity index (χ1n) is 26.9. The monoisotopic (exact) mass is 916 g/mol. The molecule has 3 aliphatic carbocycles. The van der Waals surface area contributed by atoms with Crippen LogP contribution in [0.15, 0.2) is 176 Å². The maximum Gasteiger partial charge on any atom is -0.0184 e. The third-order valence-corrected chi connectivity index (χ3v) is 8.77. The standard InChI is InChI=1S/C11H14.C10H12.3C7H8.C7H7.9C2H6/c1-9-5-4-7-10-6-2-3-8-11(9)10;1-8-6-7-9-4-2-3-5-10(8)9;4*1-7-5-3-2-4-6-7;9*1-2/h2-3,6,8-9H,4-5,7H2,1H3;2-5,8H,6-7H2,1H3;3*2-6H,1H3;2-6H,1H2;9*1-2H3/q;;;;;-1;;;;;;;;;. The van der Waals surface area contributed by atoms with E-state index in [1.54, 1.807) is 22.3 Å². The lowest BCUT2D eigenvalue weighted by Gasteiger charge is -2.21. The van der Waals surface area contributed by atoms with Crippen LogP contribution in [0, 0.1) is 27.2 Å². The van der Waals surface area contributed by atoms with Crippen LogP contribution in [0.25, 0.3) is 0 Å². The Morgan fingerprint density at radius 2 is 0.672 bits per heavy atom. The van der Waals surface area contributed by atoms with Crippen molar-refractivity contribution in [2.75, 3.05) is 0 Å². The van der Waals surface area contributed by atoms with Crippen molar-refractivity contribution in [2.24, 2.45) is 0 Å². The predicted octanol–water partition coefficient (Wildman–Crippen LogP) is 23.0. The molecule has 2 unspecified atom stereocenters. The maximum atomic E-state index is 3.72. The Balaban J connectivity index is -0.000000121. The molecule has 2 atom stereocenters. The Labute approximate surface area is 422 Å². The van der Waals surface area contributed by atoms with Crippen LogP contribution in [0.1, 0.15) is 209 Å². The zero-order valence-corrected chi connectivity index (χ0v) is 48.6. The SMILES string of the molecule is C=C1C=CC=C[CH-]1.CC.CC.CC.CC.CC.CC.CC.CC.CC.CC1CCCc2ccccc21.CC1CCc2ccccc21.Cc1ccccc1.Cc1ccccc1.Cc1ccccc1. The lowest BCUT2D eigenvalue weighted by molar-refractivity contribution is 0.590. The molecule has 5 aromatic carbocycles. The highest BCUT2D eigenvalue weighted by molar-refractivity contribution is 5.36. The van der Waals surface area contributed by atoms with Crippen molar-refractivity contribution in [3.05, 3.63) is 221 Å². The molecule has 67 heavy (non-hydrogen) atoms. The van der Waals surface area contributed by atoms with Crippen LogP contribution in [0.4, 0.5) is 0 Å². The Hall–Kier alpha value is -4.81. The minimum Gasteiger partial charge on any atom is -0.171 e. The van der Waals surface area contributed by atoms with Crippen LogP contribution in [0.5, 0.6) is 0 Å². The van der Waals surface area contributed by atoms with Crippen molar-refractivity contribution in [1.82, 2.24) is 0 Å². The van der Waals surface area contributed by atoms with Crippen molar-refractivity contribution in [1.29, 1.82) is 0 Å². The second-order valence-corrected chi connectivity index (χ2v) is 13.1. The lowest BCUT2D eigenvalue weighted by atomic mass is 9.84. The van der Waals surface area contributed by atoms with Gasteiger partial charge in [0, 0.05) is 0 Å². The van der Waals surface area contributed by atoms with Gasteiger partial charge in [0.05, 0.1) is 0 Å². The summed E-state index contributed by atoms with van der Waals surface area (Å²) in [5.74, 6) is 1.59. The molecule has 0 saturated heterocycles. The van der Waals surface area contributed by atoms with Crippen molar-refractivity contribution in [3.8, 4) is 0 Å². The molecule has 0 amide bonds. The Kier molecular flexibility index (Phi) is 74.7. The molecule has 0 spiro atoms. The third kappa shape index (κ3) is 46.1. The molecule has 0 N–H and O–H groups in total. The second kappa shape index (κ2) is 65.5. The number of aryl methyl sites for hydroxylation is 5. The Morgan fingerprint density at radius 1 is 0.373 bits per heavy atom. The highest BCUT2D eigenvalue weighted by atomic mass is 14.2. The van der Waals surface area contributed by atoms with Crippen LogP contribution >= 0.6 is 0 Å². The average molecular weight is 917 g/mol. The topological polar surface area (TPSA) is 0 Å². The van der Waals surface area contributed by atoms with Gasteiger partial charge in [-0.25, -0.2) is 0 Å². The fraction of sp³-hybridized carbons (Fsp3) is 0.448. The average Bonchev–Trinajstić information content (AvgIpc) is 3.81. The minimum atomic E-state index is 0.792. The molecule has 0 heteroatoms. The predicted molar refractivity (Wildman–Crippen MR) is 318 cm³/mol. The summed E-state index contributed by atoms with van der Waals surface area (Å²) in [5.41, 5.74) is 11.3. The molecule has 0 radical (unpaired) electrons. The second-order valence-electron chi connectivity index (χ2n) is 13.1. The van der Waals surface area contributed by atoms with Crippen LogP contribution in [-0.4, -0.2) is 0 Å². The van der Waals surface area contributed by atoms with Gasteiger partial charge in [-0.2, -0.15) is 12.2 Å². The van der Waals surface area contributed by atoms with E-state index in [-0.39, 0.29) is 0 Å². The summed E-state index contributed by atoms with van der Waals surface area (Å²) >= 11 is 0. The lowest BCUT2D eigenvalue weighted by Crippen LogP contribution is -2.05. The molecular weight excluding hydrogens is 805 g/mol. The van der Waals surface area contributed by atoms with Gasteiger partial charge in [-0.1, -0.05) is 295 Å². The van der Waals surface area contributed by atoms with Gasteiger partial charge < -0.3 is 0 Å². The largest absolute Gasteiger partial charge is 0.171 e. The summed E-state index contributed by atoms with van der Waals surface area (Å²) < 4.78 is 0. The third-order valence-electron chi connectivity index (χ3n) is 8.77. The number of rotatable bonds is 0. The molecule has 0 saturated carbocycles. The highest BCUT2D eigenvalue weighted by Gasteiger charge is 2.16. The first-order valence-corrected chi connectivity index (χ1v) is 26.9. The molecule has 5 aromatic rings. The minimum absolute atomic E-state index is 0.792. The fourth-order valence-electron chi connectivity index (χ4n) is 5.85. The van der Waals surface area contributed by atoms with E-state index in [2.05, 4.69) is 126 Å². The summed E-state index contributed by atoms with van der Waals surface area (Å²) in [4.78, 5) is 0. The number of hydrogen-bond donors (Lipinski definition) is 0. The first kappa shape index (κ1) is 76.4. The zero-order valence-electron chi connectivity index (χ0n) is 48.6. The molecule has 0 bridgehead atoms.